The van der Waals surface area contributed by atoms with E-state index in [0.717, 1.165) is 6.92 Å². The Kier molecular flexibility index (Phi) is 2.67. The molecule has 1 heterocycles. The molecule has 1 rings (SSSR count). The van der Waals surface area contributed by atoms with Gasteiger partial charge in [-0.05, 0) is 12.5 Å². The van der Waals surface area contributed by atoms with Crippen LogP contribution in [0.1, 0.15) is 16.7 Å². The number of aromatic amines is 1. The fourth-order valence-electron chi connectivity index (χ4n) is 1.16. The SMILES string of the molecule is Cc1c(C(F)(F)F)c[nH+]cc1C(F)(F)F. The summed E-state index contributed by atoms with van der Waals surface area (Å²) in [5, 5.41) is 0. The van der Waals surface area contributed by atoms with Gasteiger partial charge in [0.2, 0.25) is 0 Å². The highest BCUT2D eigenvalue weighted by molar-refractivity contribution is 5.32. The van der Waals surface area contributed by atoms with E-state index >= 15 is 0 Å². The summed E-state index contributed by atoms with van der Waals surface area (Å²) in [7, 11) is 0. The highest BCUT2D eigenvalue weighted by atomic mass is 19.4. The van der Waals surface area contributed by atoms with E-state index in [1.807, 2.05) is 4.98 Å². The van der Waals surface area contributed by atoms with Crippen LogP contribution in [0, 0.1) is 6.92 Å². The van der Waals surface area contributed by atoms with E-state index in [0.29, 0.717) is 12.4 Å². The maximum atomic E-state index is 12.2. The fourth-order valence-corrected chi connectivity index (χ4v) is 1.16. The fraction of sp³-hybridized carbons (Fsp3) is 0.375. The van der Waals surface area contributed by atoms with Crippen LogP contribution in [0.5, 0.6) is 0 Å². The Bertz CT molecular complexity index is 332. The monoisotopic (exact) mass is 230 g/mol. The van der Waals surface area contributed by atoms with E-state index in [1.165, 1.54) is 0 Å². The lowest BCUT2D eigenvalue weighted by Crippen LogP contribution is -2.20. The summed E-state index contributed by atoms with van der Waals surface area (Å²) in [4.78, 5) is 1.84. The maximum Gasteiger partial charge on any atom is 0.422 e. The third-order valence-electron chi connectivity index (χ3n) is 1.87. The maximum absolute atomic E-state index is 12.2. The molecule has 1 aromatic rings. The quantitative estimate of drug-likeness (QED) is 0.608. The van der Waals surface area contributed by atoms with E-state index in [2.05, 4.69) is 0 Å². The lowest BCUT2D eigenvalue weighted by Gasteiger charge is -2.11. The number of hydrogen-bond donors (Lipinski definition) is 0. The molecule has 0 saturated heterocycles. The van der Waals surface area contributed by atoms with Crippen LogP contribution in [0.2, 0.25) is 0 Å². The van der Waals surface area contributed by atoms with Gasteiger partial charge < -0.3 is 0 Å². The van der Waals surface area contributed by atoms with Crippen molar-refractivity contribution in [2.75, 3.05) is 0 Å². The van der Waals surface area contributed by atoms with Crippen LogP contribution in [0.3, 0.4) is 0 Å². The summed E-state index contributed by atoms with van der Waals surface area (Å²) in [6.45, 7) is 0.791. The van der Waals surface area contributed by atoms with Gasteiger partial charge >= 0.3 is 12.4 Å². The Balaban J connectivity index is 3.37. The molecule has 0 amide bonds. The van der Waals surface area contributed by atoms with E-state index in [1.54, 1.807) is 0 Å². The molecule has 1 N–H and O–H groups in total. The zero-order chi connectivity index (χ0) is 11.9. The summed E-state index contributed by atoms with van der Waals surface area (Å²) in [5.41, 5.74) is -3.44. The largest absolute Gasteiger partial charge is 0.422 e. The minimum Gasteiger partial charge on any atom is -0.217 e. The van der Waals surface area contributed by atoms with Gasteiger partial charge in [0.25, 0.3) is 0 Å². The molecule has 84 valence electrons. The van der Waals surface area contributed by atoms with Crippen molar-refractivity contribution in [3.63, 3.8) is 0 Å². The first-order chi connectivity index (χ1) is 6.64. The molecule has 15 heavy (non-hydrogen) atoms. The van der Waals surface area contributed by atoms with Crippen molar-refractivity contribution in [2.24, 2.45) is 0 Å². The van der Waals surface area contributed by atoms with Gasteiger partial charge in [-0.15, -0.1) is 0 Å². The molecule has 1 nitrogen and oxygen atoms in total. The Hall–Kier alpha value is -1.27. The first kappa shape index (κ1) is 11.8. The van der Waals surface area contributed by atoms with Crippen LogP contribution in [-0.4, -0.2) is 0 Å². The summed E-state index contributed by atoms with van der Waals surface area (Å²) in [6.07, 6.45) is -8.57. The summed E-state index contributed by atoms with van der Waals surface area (Å²) in [6, 6.07) is 0. The van der Waals surface area contributed by atoms with Gasteiger partial charge in [0, 0.05) is 0 Å². The second kappa shape index (κ2) is 3.39. The average molecular weight is 230 g/mol. The number of nitrogens with one attached hydrogen (secondary N) is 1. The normalized spacial score (nSPS) is 13.0. The molecular weight excluding hydrogens is 224 g/mol. The van der Waals surface area contributed by atoms with Crippen molar-refractivity contribution in [2.45, 2.75) is 19.3 Å². The predicted octanol–water partition coefficient (Wildman–Crippen LogP) is 2.85. The highest BCUT2D eigenvalue weighted by Crippen LogP contribution is 2.37. The zero-order valence-corrected chi connectivity index (χ0v) is 7.42. The second-order valence-electron chi connectivity index (χ2n) is 2.90. The van der Waals surface area contributed by atoms with Gasteiger partial charge in [0.15, 0.2) is 12.4 Å². The van der Waals surface area contributed by atoms with Crippen LogP contribution < -0.4 is 4.98 Å². The van der Waals surface area contributed by atoms with Crippen molar-refractivity contribution in [1.29, 1.82) is 0 Å². The number of H-pyrrole nitrogens is 1. The molecule has 0 aromatic carbocycles. The molecule has 0 radical (unpaired) electrons. The van der Waals surface area contributed by atoms with Crippen LogP contribution in [0.15, 0.2) is 12.4 Å². The van der Waals surface area contributed by atoms with Crippen LogP contribution >= 0.6 is 0 Å². The number of alkyl halides is 6. The van der Waals surface area contributed by atoms with E-state index in [-0.39, 0.29) is 0 Å². The molecule has 7 heteroatoms. The van der Waals surface area contributed by atoms with Gasteiger partial charge in [-0.3, -0.25) is 0 Å². The van der Waals surface area contributed by atoms with Gasteiger partial charge in [0.1, 0.15) is 11.1 Å². The molecule has 0 aliphatic rings. The number of halogens is 6. The van der Waals surface area contributed by atoms with Crippen LogP contribution in [0.4, 0.5) is 26.3 Å². The number of hydrogen-bond acceptors (Lipinski definition) is 0. The third kappa shape index (κ3) is 2.40. The molecule has 0 atom stereocenters. The van der Waals surface area contributed by atoms with Crippen molar-refractivity contribution >= 4 is 0 Å². The molecule has 0 bridgehead atoms. The predicted molar refractivity (Wildman–Crippen MR) is 37.7 cm³/mol. The summed E-state index contributed by atoms with van der Waals surface area (Å²) >= 11 is 0. The zero-order valence-electron chi connectivity index (χ0n) is 7.42. The minimum absolute atomic E-state index is 0.505. The number of rotatable bonds is 0. The third-order valence-corrected chi connectivity index (χ3v) is 1.87. The molecular formula is C8H6F6N+. The van der Waals surface area contributed by atoms with Crippen molar-refractivity contribution in [1.82, 2.24) is 0 Å². The van der Waals surface area contributed by atoms with Gasteiger partial charge in [-0.2, -0.15) is 26.3 Å². The number of pyridine rings is 1. The molecule has 0 aliphatic heterocycles. The highest BCUT2D eigenvalue weighted by Gasteiger charge is 2.41. The number of aromatic nitrogens is 1. The standard InChI is InChI=1S/C8H5F6N/c1-4-5(7(9,10)11)2-15-3-6(4)8(12,13)14/h2-3H,1H3/p+1. The van der Waals surface area contributed by atoms with Crippen LogP contribution in [0.25, 0.3) is 0 Å². The molecule has 0 fully saturated rings. The van der Waals surface area contributed by atoms with Crippen molar-refractivity contribution < 1.29 is 31.3 Å². The molecule has 0 saturated carbocycles. The lowest BCUT2D eigenvalue weighted by atomic mass is 10.1. The molecule has 0 aliphatic carbocycles. The molecule has 0 unspecified atom stereocenters. The summed E-state index contributed by atoms with van der Waals surface area (Å²) < 4.78 is 73.4. The van der Waals surface area contributed by atoms with Gasteiger partial charge in [-0.1, -0.05) is 0 Å². The van der Waals surface area contributed by atoms with Crippen molar-refractivity contribution in [3.05, 3.63) is 29.1 Å². The topological polar surface area (TPSA) is 14.1 Å². The summed E-state index contributed by atoms with van der Waals surface area (Å²) in [5.74, 6) is 0. The van der Waals surface area contributed by atoms with Crippen molar-refractivity contribution in [3.8, 4) is 0 Å². The average Bonchev–Trinajstić information content (AvgIpc) is 1.99. The first-order valence-corrected chi connectivity index (χ1v) is 3.79. The Labute approximate surface area is 80.7 Å². The Morgan fingerprint density at radius 2 is 1.20 bits per heavy atom. The van der Waals surface area contributed by atoms with Crippen LogP contribution in [-0.2, 0) is 12.4 Å². The smallest absolute Gasteiger partial charge is 0.217 e. The minimum atomic E-state index is -4.79. The first-order valence-electron chi connectivity index (χ1n) is 3.79. The van der Waals surface area contributed by atoms with Gasteiger partial charge in [-0.25, -0.2) is 4.98 Å². The Morgan fingerprint density at radius 1 is 0.867 bits per heavy atom. The Morgan fingerprint density at radius 3 is 1.47 bits per heavy atom. The molecule has 1 aromatic heterocycles. The van der Waals surface area contributed by atoms with E-state index in [4.69, 9.17) is 0 Å². The van der Waals surface area contributed by atoms with E-state index in [9.17, 15) is 26.3 Å². The lowest BCUT2D eigenvalue weighted by molar-refractivity contribution is -0.384. The molecule has 0 spiro atoms. The van der Waals surface area contributed by atoms with E-state index < -0.39 is 29.0 Å². The van der Waals surface area contributed by atoms with Gasteiger partial charge in [0.05, 0.1) is 0 Å². The second-order valence-corrected chi connectivity index (χ2v) is 2.90.